The third-order valence-electron chi connectivity index (χ3n) is 4.42. The van der Waals surface area contributed by atoms with Gasteiger partial charge in [0.25, 0.3) is 0 Å². The molecule has 1 aliphatic rings. The summed E-state index contributed by atoms with van der Waals surface area (Å²) in [5.41, 5.74) is 0.320. The predicted octanol–water partition coefficient (Wildman–Crippen LogP) is 1.01. The molecule has 30 heavy (non-hydrogen) atoms. The summed E-state index contributed by atoms with van der Waals surface area (Å²) in [6.45, 7) is 1.15. The predicted molar refractivity (Wildman–Crippen MR) is 111 cm³/mol. The van der Waals surface area contributed by atoms with E-state index in [0.29, 0.717) is 18.9 Å². The molecule has 0 aromatic heterocycles. The molecule has 1 heterocycles. The number of sulfonamides is 2. The number of nitrogens with zero attached hydrogens (tertiary/aromatic N) is 1. The Bertz CT molecular complexity index is 1080. The van der Waals surface area contributed by atoms with Crippen LogP contribution in [0.1, 0.15) is 6.42 Å². The van der Waals surface area contributed by atoms with Crippen LogP contribution in [-0.4, -0.2) is 59.9 Å². The van der Waals surface area contributed by atoms with Crippen LogP contribution in [0.4, 0.5) is 5.69 Å². The van der Waals surface area contributed by atoms with Gasteiger partial charge >= 0.3 is 0 Å². The monoisotopic (exact) mass is 453 g/mol. The Hall–Kier alpha value is -2.31. The summed E-state index contributed by atoms with van der Waals surface area (Å²) in [6, 6.07) is 13.8. The van der Waals surface area contributed by atoms with Gasteiger partial charge in [0.05, 0.1) is 23.0 Å². The van der Waals surface area contributed by atoms with E-state index in [2.05, 4.69) is 10.0 Å². The zero-order valence-corrected chi connectivity index (χ0v) is 17.8. The molecule has 9 nitrogen and oxygen atoms in total. The molecule has 2 aromatic carbocycles. The Morgan fingerprint density at radius 3 is 2.30 bits per heavy atom. The second-order valence-electron chi connectivity index (χ2n) is 6.55. The molecule has 0 aliphatic carbocycles. The van der Waals surface area contributed by atoms with Crippen molar-refractivity contribution in [3.05, 3.63) is 54.6 Å². The van der Waals surface area contributed by atoms with E-state index in [-0.39, 0.29) is 35.8 Å². The van der Waals surface area contributed by atoms with E-state index in [1.807, 2.05) is 0 Å². The van der Waals surface area contributed by atoms with E-state index >= 15 is 0 Å². The van der Waals surface area contributed by atoms with E-state index in [9.17, 15) is 21.6 Å². The summed E-state index contributed by atoms with van der Waals surface area (Å²) in [4.78, 5) is 12.4. The van der Waals surface area contributed by atoms with E-state index in [1.54, 1.807) is 30.3 Å². The second kappa shape index (κ2) is 9.67. The van der Waals surface area contributed by atoms with Gasteiger partial charge in [-0.1, -0.05) is 24.3 Å². The number of morpholine rings is 1. The van der Waals surface area contributed by atoms with Crippen molar-refractivity contribution in [3.8, 4) is 0 Å². The maximum absolute atomic E-state index is 12.7. The smallest absolute Gasteiger partial charge is 0.243 e. The molecule has 3 rings (SSSR count). The SMILES string of the molecule is O=C(CCNS(=O)(=O)c1ccccc1)Nc1cccc(S(=O)(=O)N2CCOCC2)c1. The second-order valence-corrected chi connectivity index (χ2v) is 10.3. The number of rotatable bonds is 8. The van der Waals surface area contributed by atoms with Crippen molar-refractivity contribution in [2.75, 3.05) is 38.2 Å². The van der Waals surface area contributed by atoms with Crippen LogP contribution in [0.15, 0.2) is 64.4 Å². The van der Waals surface area contributed by atoms with Crippen molar-refractivity contribution in [1.29, 1.82) is 0 Å². The molecule has 0 spiro atoms. The van der Waals surface area contributed by atoms with Crippen molar-refractivity contribution in [3.63, 3.8) is 0 Å². The quantitative estimate of drug-likeness (QED) is 0.615. The van der Waals surface area contributed by atoms with Gasteiger partial charge in [0.15, 0.2) is 0 Å². The van der Waals surface area contributed by atoms with Crippen LogP contribution in [-0.2, 0) is 29.6 Å². The number of benzene rings is 2. The van der Waals surface area contributed by atoms with Gasteiger partial charge in [0.1, 0.15) is 0 Å². The average molecular weight is 454 g/mol. The zero-order valence-electron chi connectivity index (χ0n) is 16.2. The number of nitrogens with one attached hydrogen (secondary N) is 2. The lowest BCUT2D eigenvalue weighted by Gasteiger charge is -2.26. The fraction of sp³-hybridized carbons (Fsp3) is 0.316. The van der Waals surface area contributed by atoms with Gasteiger partial charge in [-0.05, 0) is 30.3 Å². The first-order valence-corrected chi connectivity index (χ1v) is 12.2. The third-order valence-corrected chi connectivity index (χ3v) is 7.79. The van der Waals surface area contributed by atoms with Crippen molar-refractivity contribution in [2.45, 2.75) is 16.2 Å². The maximum atomic E-state index is 12.7. The highest BCUT2D eigenvalue weighted by molar-refractivity contribution is 7.89. The lowest BCUT2D eigenvalue weighted by Crippen LogP contribution is -2.40. The Labute approximate surface area is 176 Å². The Balaban J connectivity index is 1.57. The first-order valence-electron chi connectivity index (χ1n) is 9.31. The molecule has 0 unspecified atom stereocenters. The molecule has 0 saturated carbocycles. The lowest BCUT2D eigenvalue weighted by atomic mass is 10.3. The zero-order chi connectivity index (χ0) is 21.6. The Morgan fingerprint density at radius 1 is 0.933 bits per heavy atom. The Kier molecular flexibility index (Phi) is 7.21. The number of ether oxygens (including phenoxy) is 1. The molecule has 0 atom stereocenters. The van der Waals surface area contributed by atoms with Crippen LogP contribution in [0, 0.1) is 0 Å². The minimum Gasteiger partial charge on any atom is -0.379 e. The number of carbonyl (C=O) groups excluding carboxylic acids is 1. The van der Waals surface area contributed by atoms with Crippen LogP contribution < -0.4 is 10.0 Å². The van der Waals surface area contributed by atoms with Crippen molar-refractivity contribution in [2.24, 2.45) is 0 Å². The van der Waals surface area contributed by atoms with Gasteiger partial charge in [-0.25, -0.2) is 21.6 Å². The van der Waals surface area contributed by atoms with E-state index in [1.165, 1.54) is 28.6 Å². The number of hydrogen-bond donors (Lipinski definition) is 2. The van der Waals surface area contributed by atoms with Gasteiger partial charge in [-0.15, -0.1) is 0 Å². The van der Waals surface area contributed by atoms with Crippen LogP contribution in [0.25, 0.3) is 0 Å². The van der Waals surface area contributed by atoms with Crippen LogP contribution in [0.3, 0.4) is 0 Å². The highest BCUT2D eigenvalue weighted by atomic mass is 32.2. The summed E-state index contributed by atoms with van der Waals surface area (Å²) < 4.78 is 58.7. The van der Waals surface area contributed by atoms with Gasteiger partial charge < -0.3 is 10.1 Å². The largest absolute Gasteiger partial charge is 0.379 e. The van der Waals surface area contributed by atoms with Crippen LogP contribution in [0.2, 0.25) is 0 Å². The normalized spacial score (nSPS) is 15.6. The minimum atomic E-state index is -3.69. The molecule has 2 N–H and O–H groups in total. The number of anilines is 1. The van der Waals surface area contributed by atoms with Crippen LogP contribution in [0.5, 0.6) is 0 Å². The van der Waals surface area contributed by atoms with E-state index in [0.717, 1.165) is 0 Å². The number of hydrogen-bond acceptors (Lipinski definition) is 6. The number of amides is 1. The molecule has 1 saturated heterocycles. The summed E-state index contributed by atoms with van der Waals surface area (Å²) in [6.07, 6.45) is -0.105. The summed E-state index contributed by atoms with van der Waals surface area (Å²) in [7, 11) is -7.37. The fourth-order valence-corrected chi connectivity index (χ4v) is 5.38. The molecule has 1 amide bonds. The summed E-state index contributed by atoms with van der Waals surface area (Å²) in [5.74, 6) is -0.438. The highest BCUT2D eigenvalue weighted by Crippen LogP contribution is 2.20. The fourth-order valence-electron chi connectivity index (χ4n) is 2.88. The summed E-state index contributed by atoms with van der Waals surface area (Å²) in [5, 5.41) is 2.60. The molecule has 0 bridgehead atoms. The van der Waals surface area contributed by atoms with E-state index in [4.69, 9.17) is 4.74 Å². The minimum absolute atomic E-state index is 0.0759. The van der Waals surface area contributed by atoms with Crippen molar-refractivity contribution >= 4 is 31.6 Å². The molecule has 2 aromatic rings. The van der Waals surface area contributed by atoms with Gasteiger partial charge in [0, 0.05) is 31.7 Å². The van der Waals surface area contributed by atoms with E-state index < -0.39 is 26.0 Å². The van der Waals surface area contributed by atoms with Crippen molar-refractivity contribution < 1.29 is 26.4 Å². The first-order chi connectivity index (χ1) is 14.3. The van der Waals surface area contributed by atoms with Crippen molar-refractivity contribution in [1.82, 2.24) is 9.03 Å². The maximum Gasteiger partial charge on any atom is 0.243 e. The molecular formula is C19H23N3O6S2. The standard InChI is InChI=1S/C19H23N3O6S2/c23-19(9-10-20-29(24,25)17-6-2-1-3-7-17)21-16-5-4-8-18(15-16)30(26,27)22-11-13-28-14-12-22/h1-8,15,20H,9-14H2,(H,21,23). The van der Waals surface area contributed by atoms with Gasteiger partial charge in [0.2, 0.25) is 26.0 Å². The van der Waals surface area contributed by atoms with Gasteiger partial charge in [-0.3, -0.25) is 4.79 Å². The molecule has 162 valence electrons. The highest BCUT2D eigenvalue weighted by Gasteiger charge is 2.26. The summed E-state index contributed by atoms with van der Waals surface area (Å²) >= 11 is 0. The molecule has 1 fully saturated rings. The topological polar surface area (TPSA) is 122 Å². The lowest BCUT2D eigenvalue weighted by molar-refractivity contribution is -0.116. The Morgan fingerprint density at radius 2 is 1.60 bits per heavy atom. The molecule has 11 heteroatoms. The first kappa shape index (κ1) is 22.4. The number of carbonyl (C=O) groups is 1. The molecular weight excluding hydrogens is 430 g/mol. The molecule has 0 radical (unpaired) electrons. The molecule has 1 aliphatic heterocycles. The average Bonchev–Trinajstić information content (AvgIpc) is 2.75. The third kappa shape index (κ3) is 5.64. The van der Waals surface area contributed by atoms with Crippen LogP contribution >= 0.6 is 0 Å². The van der Waals surface area contributed by atoms with Gasteiger partial charge in [-0.2, -0.15) is 4.31 Å².